The third-order valence-corrected chi connectivity index (χ3v) is 9.17. The van der Waals surface area contributed by atoms with Crippen molar-refractivity contribution < 1.29 is 19.1 Å². The van der Waals surface area contributed by atoms with Gasteiger partial charge in [-0.1, -0.05) is 49.4 Å². The van der Waals surface area contributed by atoms with Crippen LogP contribution in [0, 0.1) is 23.2 Å². The summed E-state index contributed by atoms with van der Waals surface area (Å²) in [4.78, 5) is 38.8. The van der Waals surface area contributed by atoms with Gasteiger partial charge in [-0.15, -0.1) is 0 Å². The maximum Gasteiger partial charge on any atom is 0.407 e. The van der Waals surface area contributed by atoms with Crippen molar-refractivity contribution in [3.05, 3.63) is 34.9 Å². The van der Waals surface area contributed by atoms with Gasteiger partial charge in [0.05, 0.1) is 6.07 Å². The number of benzene rings is 1. The molecule has 3 atom stereocenters. The highest BCUT2D eigenvalue weighted by molar-refractivity contribution is 6.30. The Balaban J connectivity index is 1.21. The molecule has 9 heteroatoms. The van der Waals surface area contributed by atoms with Gasteiger partial charge in [0, 0.05) is 21.9 Å². The van der Waals surface area contributed by atoms with Gasteiger partial charge >= 0.3 is 6.09 Å². The fraction of sp³-hybridized carbons (Fsp3) is 0.655. The minimum absolute atomic E-state index is 0.0308. The predicted molar refractivity (Wildman–Crippen MR) is 142 cm³/mol. The van der Waals surface area contributed by atoms with Gasteiger partial charge in [0.2, 0.25) is 11.8 Å². The molecule has 38 heavy (non-hydrogen) atoms. The smallest absolute Gasteiger partial charge is 0.407 e. The second kappa shape index (κ2) is 11.1. The van der Waals surface area contributed by atoms with Crippen molar-refractivity contribution in [2.75, 3.05) is 6.61 Å². The van der Waals surface area contributed by atoms with Crippen LogP contribution in [0.25, 0.3) is 0 Å². The maximum atomic E-state index is 13.5. The van der Waals surface area contributed by atoms with Crippen LogP contribution in [-0.4, -0.2) is 42.1 Å². The second-order valence-corrected chi connectivity index (χ2v) is 12.3. The van der Waals surface area contributed by atoms with E-state index < -0.39 is 18.2 Å². The van der Waals surface area contributed by atoms with Crippen molar-refractivity contribution in [1.29, 1.82) is 5.26 Å². The molecule has 0 bridgehead atoms. The van der Waals surface area contributed by atoms with Crippen molar-refractivity contribution in [1.82, 2.24) is 16.0 Å². The van der Waals surface area contributed by atoms with Crippen LogP contribution < -0.4 is 16.0 Å². The lowest BCUT2D eigenvalue weighted by Crippen LogP contribution is -2.53. The number of ether oxygens (including phenoxy) is 1. The average Bonchev–Trinajstić information content (AvgIpc) is 3.81. The van der Waals surface area contributed by atoms with Crippen LogP contribution in [0.3, 0.4) is 0 Å². The summed E-state index contributed by atoms with van der Waals surface area (Å²) in [6.07, 6.45) is 10.0. The molecule has 8 nitrogen and oxygen atoms in total. The normalized spacial score (nSPS) is 24.8. The highest BCUT2D eigenvalue weighted by atomic mass is 35.5. The Kier molecular flexibility index (Phi) is 7.85. The highest BCUT2D eigenvalue weighted by Crippen LogP contribution is 2.49. The van der Waals surface area contributed by atoms with Crippen LogP contribution in [0.5, 0.6) is 0 Å². The zero-order valence-electron chi connectivity index (χ0n) is 21.8. The molecule has 1 aromatic rings. The molecule has 3 aliphatic carbocycles. The molecule has 4 aliphatic rings. The minimum Gasteiger partial charge on any atom is -0.449 e. The van der Waals surface area contributed by atoms with Crippen LogP contribution in [0.4, 0.5) is 4.79 Å². The van der Waals surface area contributed by atoms with Gasteiger partial charge in [-0.05, 0) is 75.0 Å². The van der Waals surface area contributed by atoms with Crippen molar-refractivity contribution in [2.45, 2.75) is 100 Å². The van der Waals surface area contributed by atoms with Gasteiger partial charge < -0.3 is 20.7 Å². The van der Waals surface area contributed by atoms with E-state index in [2.05, 4.69) is 22.0 Å². The van der Waals surface area contributed by atoms with Gasteiger partial charge in [-0.25, -0.2) is 4.79 Å². The Labute approximate surface area is 229 Å². The summed E-state index contributed by atoms with van der Waals surface area (Å²) in [5.41, 5.74) is 0.746. The van der Waals surface area contributed by atoms with Crippen molar-refractivity contribution >= 4 is 29.5 Å². The van der Waals surface area contributed by atoms with Gasteiger partial charge in [-0.3, -0.25) is 9.59 Å². The number of carbonyl (C=O) groups is 3. The molecule has 1 unspecified atom stereocenters. The molecule has 1 aliphatic heterocycles. The first kappa shape index (κ1) is 26.8. The number of hydrogen-bond donors (Lipinski definition) is 3. The molecular weight excluding hydrogens is 504 g/mol. The van der Waals surface area contributed by atoms with Gasteiger partial charge in [0.25, 0.3) is 0 Å². The Bertz CT molecular complexity index is 1100. The highest BCUT2D eigenvalue weighted by Gasteiger charge is 2.52. The van der Waals surface area contributed by atoms with E-state index >= 15 is 0 Å². The third-order valence-electron chi connectivity index (χ3n) is 8.94. The number of nitrogens with one attached hydrogen (secondary N) is 3. The number of nitriles is 1. The van der Waals surface area contributed by atoms with E-state index in [0.717, 1.165) is 69.8 Å². The van der Waals surface area contributed by atoms with E-state index in [1.165, 1.54) is 0 Å². The van der Waals surface area contributed by atoms with E-state index in [9.17, 15) is 19.6 Å². The summed E-state index contributed by atoms with van der Waals surface area (Å²) in [5.74, 6) is -0.724. The number of carbonyl (C=O) groups excluding carboxylic acids is 3. The monoisotopic (exact) mass is 540 g/mol. The van der Waals surface area contributed by atoms with Crippen LogP contribution >= 0.6 is 11.6 Å². The summed E-state index contributed by atoms with van der Waals surface area (Å²) in [6.45, 7) is 0.220. The SMILES string of the molecule is N#C[C@H](CC1CC2(CC2)NC1=O)NC(=O)[C@@H](NC(=O)OCC1(c2cccc(Cl)c2)CC1)C1CCCCCC1. The first-order valence-corrected chi connectivity index (χ1v) is 14.4. The summed E-state index contributed by atoms with van der Waals surface area (Å²) >= 11 is 6.17. The second-order valence-electron chi connectivity index (χ2n) is 11.8. The molecule has 0 radical (unpaired) electrons. The molecule has 204 valence electrons. The summed E-state index contributed by atoms with van der Waals surface area (Å²) in [6, 6.07) is 8.21. The maximum absolute atomic E-state index is 13.5. The van der Waals surface area contributed by atoms with E-state index in [1.807, 2.05) is 24.3 Å². The number of hydrogen-bond acceptors (Lipinski definition) is 5. The van der Waals surface area contributed by atoms with Crippen LogP contribution in [-0.2, 0) is 19.7 Å². The Morgan fingerprint density at radius 3 is 2.47 bits per heavy atom. The fourth-order valence-corrected chi connectivity index (χ4v) is 6.43. The van der Waals surface area contributed by atoms with Crippen LogP contribution in [0.1, 0.15) is 82.6 Å². The quantitative estimate of drug-likeness (QED) is 0.398. The molecule has 3 amide bonds. The fourth-order valence-electron chi connectivity index (χ4n) is 6.24. The molecule has 1 spiro atoms. The van der Waals surface area contributed by atoms with Crippen molar-refractivity contribution in [3.63, 3.8) is 0 Å². The standard InChI is InChI=1S/C29H37ClN4O4/c30-22-9-5-8-21(15-22)28(10-11-28)18-38-27(37)33-24(19-6-3-1-2-4-7-19)26(36)32-23(17-31)14-20-16-29(12-13-29)34-25(20)35/h5,8-9,15,19-20,23-24H,1-4,6-7,10-14,16,18H2,(H,32,36)(H,33,37)(H,34,35)/t20?,23-,24-/m0/s1. The number of nitrogens with zero attached hydrogens (tertiary/aromatic N) is 1. The van der Waals surface area contributed by atoms with Crippen LogP contribution in [0.2, 0.25) is 5.02 Å². The number of halogens is 1. The largest absolute Gasteiger partial charge is 0.449 e. The molecule has 4 fully saturated rings. The number of alkyl carbamates (subject to hydrolysis) is 1. The molecule has 3 N–H and O–H groups in total. The molecular formula is C29H37ClN4O4. The number of rotatable bonds is 9. The lowest BCUT2D eigenvalue weighted by Gasteiger charge is -2.28. The molecule has 3 saturated carbocycles. The predicted octanol–water partition coefficient (Wildman–Crippen LogP) is 4.50. The van der Waals surface area contributed by atoms with Gasteiger partial charge in [0.1, 0.15) is 18.7 Å². The Hall–Kier alpha value is -2.79. The van der Waals surface area contributed by atoms with Crippen molar-refractivity contribution in [3.8, 4) is 6.07 Å². The lowest BCUT2D eigenvalue weighted by molar-refractivity contribution is -0.126. The van der Waals surface area contributed by atoms with E-state index in [1.54, 1.807) is 0 Å². The summed E-state index contributed by atoms with van der Waals surface area (Å²) in [5, 5.41) is 19.2. The zero-order valence-corrected chi connectivity index (χ0v) is 22.5. The lowest BCUT2D eigenvalue weighted by atomic mass is 9.90. The van der Waals surface area contributed by atoms with Gasteiger partial charge in [-0.2, -0.15) is 5.26 Å². The average molecular weight is 541 g/mol. The molecule has 1 saturated heterocycles. The van der Waals surface area contributed by atoms with Crippen LogP contribution in [0.15, 0.2) is 24.3 Å². The zero-order chi connectivity index (χ0) is 26.8. The Morgan fingerprint density at radius 2 is 1.87 bits per heavy atom. The van der Waals surface area contributed by atoms with E-state index in [-0.39, 0.29) is 47.6 Å². The molecule has 0 aromatic heterocycles. The third kappa shape index (κ3) is 6.26. The topological polar surface area (TPSA) is 120 Å². The molecule has 5 rings (SSSR count). The summed E-state index contributed by atoms with van der Waals surface area (Å²) < 4.78 is 5.66. The number of amides is 3. The van der Waals surface area contributed by atoms with Crippen molar-refractivity contribution in [2.24, 2.45) is 11.8 Å². The van der Waals surface area contributed by atoms with Gasteiger partial charge in [0.15, 0.2) is 0 Å². The van der Waals surface area contributed by atoms with E-state index in [0.29, 0.717) is 11.4 Å². The Morgan fingerprint density at radius 1 is 1.13 bits per heavy atom. The minimum atomic E-state index is -0.796. The first-order chi connectivity index (χ1) is 18.3. The molecule has 1 heterocycles. The molecule has 1 aromatic carbocycles. The summed E-state index contributed by atoms with van der Waals surface area (Å²) in [7, 11) is 0. The van der Waals surface area contributed by atoms with E-state index in [4.69, 9.17) is 16.3 Å². The first-order valence-electron chi connectivity index (χ1n) is 14.0.